The molecule has 0 spiro atoms. The molecule has 4 heterocycles. The summed E-state index contributed by atoms with van der Waals surface area (Å²) >= 11 is 3.12. The lowest BCUT2D eigenvalue weighted by Gasteiger charge is -2.08. The van der Waals surface area contributed by atoms with E-state index in [1.54, 1.807) is 18.0 Å². The van der Waals surface area contributed by atoms with Gasteiger partial charge in [-0.3, -0.25) is 0 Å². The fourth-order valence-corrected chi connectivity index (χ4v) is 4.04. The van der Waals surface area contributed by atoms with E-state index in [1.807, 2.05) is 18.2 Å². The first kappa shape index (κ1) is 15.7. The van der Waals surface area contributed by atoms with Gasteiger partial charge in [-0.2, -0.15) is 0 Å². The smallest absolute Gasteiger partial charge is 0.206 e. The summed E-state index contributed by atoms with van der Waals surface area (Å²) in [4.78, 5) is 0. The fraction of sp³-hybridized carbons (Fsp3) is 0.400. The van der Waals surface area contributed by atoms with Crippen LogP contribution in [0.25, 0.3) is 11.5 Å². The Morgan fingerprint density at radius 3 is 3.17 bits per heavy atom. The molecule has 0 radical (unpaired) electrons. The van der Waals surface area contributed by atoms with Crippen LogP contribution in [0.1, 0.15) is 18.5 Å². The van der Waals surface area contributed by atoms with Crippen molar-refractivity contribution < 1.29 is 13.7 Å². The van der Waals surface area contributed by atoms with Crippen LogP contribution in [0, 0.1) is 0 Å². The lowest BCUT2D eigenvalue weighted by Crippen LogP contribution is -2.18. The number of hydrogen-bond donors (Lipinski definition) is 1. The molecule has 0 aliphatic carbocycles. The van der Waals surface area contributed by atoms with Gasteiger partial charge < -0.3 is 19.0 Å². The first-order valence-electron chi connectivity index (χ1n) is 7.68. The number of hydrogen-bond acceptors (Lipinski definition) is 9. The molecule has 1 aliphatic rings. The zero-order chi connectivity index (χ0) is 16.2. The molecule has 1 atom stereocenters. The van der Waals surface area contributed by atoms with Crippen molar-refractivity contribution in [2.75, 3.05) is 18.5 Å². The number of anilines is 1. The van der Waals surface area contributed by atoms with Crippen molar-refractivity contribution in [1.29, 1.82) is 0 Å². The number of ether oxygens (including phenoxy) is 1. The second kappa shape index (κ2) is 7.37. The van der Waals surface area contributed by atoms with Crippen molar-refractivity contribution in [2.45, 2.75) is 29.0 Å². The molecule has 24 heavy (non-hydrogen) atoms. The highest BCUT2D eigenvalue weighted by atomic mass is 32.2. The summed E-state index contributed by atoms with van der Waals surface area (Å²) in [6.07, 6.45) is 4.15. The van der Waals surface area contributed by atoms with Crippen molar-refractivity contribution in [3.05, 3.63) is 30.2 Å². The first-order valence-corrected chi connectivity index (χ1v) is 9.48. The first-order chi connectivity index (χ1) is 11.9. The summed E-state index contributed by atoms with van der Waals surface area (Å²) in [6.45, 7) is 1.65. The third-order valence-corrected chi connectivity index (χ3v) is 5.63. The van der Waals surface area contributed by atoms with Crippen LogP contribution in [-0.4, -0.2) is 34.6 Å². The van der Waals surface area contributed by atoms with Gasteiger partial charge in [-0.25, -0.2) is 0 Å². The second-order valence-electron chi connectivity index (χ2n) is 5.34. The molecule has 9 heteroatoms. The zero-order valence-electron chi connectivity index (χ0n) is 12.8. The zero-order valence-corrected chi connectivity index (χ0v) is 14.4. The maximum absolute atomic E-state index is 5.58. The third-order valence-electron chi connectivity index (χ3n) is 3.58. The van der Waals surface area contributed by atoms with Crippen molar-refractivity contribution in [3.8, 4) is 11.5 Å². The molecule has 126 valence electrons. The predicted molar refractivity (Wildman–Crippen MR) is 91.1 cm³/mol. The molecule has 7 nitrogen and oxygen atoms in total. The highest BCUT2D eigenvalue weighted by Gasteiger charge is 2.16. The van der Waals surface area contributed by atoms with E-state index in [1.165, 1.54) is 11.3 Å². The average Bonchev–Trinajstić information content (AvgIpc) is 3.40. The third kappa shape index (κ3) is 3.80. The fourth-order valence-electron chi connectivity index (χ4n) is 2.40. The highest BCUT2D eigenvalue weighted by molar-refractivity contribution is 8.00. The topological polar surface area (TPSA) is 86.2 Å². The Bertz CT molecular complexity index is 765. The molecule has 1 N–H and O–H groups in total. The molecule has 0 aromatic carbocycles. The maximum atomic E-state index is 5.58. The number of nitrogens with one attached hydrogen (secondary N) is 1. The minimum atomic E-state index is 0.292. The van der Waals surface area contributed by atoms with Gasteiger partial charge in [0, 0.05) is 25.0 Å². The minimum Gasteiger partial charge on any atom is -0.461 e. The van der Waals surface area contributed by atoms with Crippen LogP contribution in [0.4, 0.5) is 5.13 Å². The maximum Gasteiger partial charge on any atom is 0.206 e. The van der Waals surface area contributed by atoms with Crippen molar-refractivity contribution >= 4 is 28.2 Å². The Hall–Kier alpha value is -1.84. The van der Waals surface area contributed by atoms with Crippen LogP contribution in [0.15, 0.2) is 37.7 Å². The Kier molecular flexibility index (Phi) is 4.81. The lowest BCUT2D eigenvalue weighted by molar-refractivity contribution is 0.120. The van der Waals surface area contributed by atoms with Crippen LogP contribution in [0.5, 0.6) is 0 Å². The van der Waals surface area contributed by atoms with Gasteiger partial charge in [0.25, 0.3) is 0 Å². The van der Waals surface area contributed by atoms with Gasteiger partial charge in [0.2, 0.25) is 10.9 Å². The van der Waals surface area contributed by atoms with Crippen LogP contribution in [0.3, 0.4) is 0 Å². The molecule has 1 fully saturated rings. The van der Waals surface area contributed by atoms with E-state index in [2.05, 4.69) is 20.7 Å². The van der Waals surface area contributed by atoms with Crippen LogP contribution in [-0.2, 0) is 10.5 Å². The molecule has 0 saturated carbocycles. The van der Waals surface area contributed by atoms with Gasteiger partial charge >= 0.3 is 0 Å². The Labute approximate surface area is 146 Å². The number of thioether (sulfide) groups is 1. The summed E-state index contributed by atoms with van der Waals surface area (Å²) in [7, 11) is 0. The van der Waals surface area contributed by atoms with E-state index in [0.29, 0.717) is 23.4 Å². The highest BCUT2D eigenvalue weighted by Crippen LogP contribution is 2.29. The van der Waals surface area contributed by atoms with Gasteiger partial charge in [-0.05, 0) is 25.0 Å². The normalized spacial score (nSPS) is 17.4. The second-order valence-corrected chi connectivity index (χ2v) is 7.54. The summed E-state index contributed by atoms with van der Waals surface area (Å²) in [5.74, 6) is 1.98. The molecular formula is C15H16N4O3S2. The predicted octanol–water partition coefficient (Wildman–Crippen LogP) is 3.67. The lowest BCUT2D eigenvalue weighted by atomic mass is 10.2. The summed E-state index contributed by atoms with van der Waals surface area (Å²) in [5.41, 5.74) is 0.843. The molecular weight excluding hydrogens is 348 g/mol. The molecule has 0 amide bonds. The summed E-state index contributed by atoms with van der Waals surface area (Å²) < 4.78 is 17.0. The van der Waals surface area contributed by atoms with Crippen molar-refractivity contribution in [1.82, 2.24) is 15.4 Å². The van der Waals surface area contributed by atoms with Crippen molar-refractivity contribution in [3.63, 3.8) is 0 Å². The Morgan fingerprint density at radius 1 is 1.33 bits per heavy atom. The van der Waals surface area contributed by atoms with Gasteiger partial charge in [-0.15, -0.1) is 10.2 Å². The quantitative estimate of drug-likeness (QED) is 0.636. The Balaban J connectivity index is 1.28. The molecule has 1 saturated heterocycles. The minimum absolute atomic E-state index is 0.292. The Morgan fingerprint density at radius 2 is 2.33 bits per heavy atom. The average molecular weight is 364 g/mol. The van der Waals surface area contributed by atoms with Gasteiger partial charge in [0.15, 0.2) is 10.1 Å². The molecule has 4 rings (SSSR count). The van der Waals surface area contributed by atoms with Crippen molar-refractivity contribution in [2.24, 2.45) is 0 Å². The van der Waals surface area contributed by atoms with E-state index in [0.717, 1.165) is 41.2 Å². The summed E-state index contributed by atoms with van der Waals surface area (Å²) in [6, 6.07) is 5.54. The van der Waals surface area contributed by atoms with E-state index in [-0.39, 0.29) is 0 Å². The SMILES string of the molecule is c1coc(-c2cc(CSc3nnc(NC[C@@H]4CCCO4)s3)no2)c1. The molecule has 0 bridgehead atoms. The van der Waals surface area contributed by atoms with Crippen LogP contribution in [0.2, 0.25) is 0 Å². The summed E-state index contributed by atoms with van der Waals surface area (Å²) in [5, 5.41) is 16.5. The molecule has 3 aromatic rings. The largest absolute Gasteiger partial charge is 0.461 e. The standard InChI is InChI=1S/C15H16N4O3S2/c1-3-11(20-5-1)8-16-14-17-18-15(24-14)23-9-10-7-13(22-19-10)12-4-2-6-21-12/h2,4,6-7,11H,1,3,5,8-9H2,(H,16,17)/t11-/m0/s1. The molecule has 0 unspecified atom stereocenters. The molecule has 3 aromatic heterocycles. The molecule has 1 aliphatic heterocycles. The van der Waals surface area contributed by atoms with Gasteiger partial charge in [-0.1, -0.05) is 28.3 Å². The van der Waals surface area contributed by atoms with E-state index in [4.69, 9.17) is 13.7 Å². The monoisotopic (exact) mass is 364 g/mol. The van der Waals surface area contributed by atoms with Gasteiger partial charge in [0.05, 0.1) is 18.1 Å². The van der Waals surface area contributed by atoms with E-state index >= 15 is 0 Å². The van der Waals surface area contributed by atoms with E-state index in [9.17, 15) is 0 Å². The van der Waals surface area contributed by atoms with Crippen LogP contribution < -0.4 is 5.32 Å². The number of nitrogens with zero attached hydrogens (tertiary/aromatic N) is 3. The number of rotatable bonds is 7. The number of furan rings is 1. The van der Waals surface area contributed by atoms with Crippen LogP contribution >= 0.6 is 23.1 Å². The number of aromatic nitrogens is 3. The van der Waals surface area contributed by atoms with Gasteiger partial charge in [0.1, 0.15) is 0 Å². The van der Waals surface area contributed by atoms with E-state index < -0.39 is 0 Å².